The maximum Gasteiger partial charge on any atom is 0.119 e. The average Bonchev–Trinajstić information content (AvgIpc) is 2.28. The highest BCUT2D eigenvalue weighted by molar-refractivity contribution is 5.29. The van der Waals surface area contributed by atoms with Crippen molar-refractivity contribution in [2.24, 2.45) is 5.73 Å². The first-order chi connectivity index (χ1) is 7.17. The van der Waals surface area contributed by atoms with Gasteiger partial charge in [-0.1, -0.05) is 12.1 Å². The molecule has 0 aliphatic rings. The number of hydrogen-bond donors (Lipinski definition) is 1. The minimum Gasteiger partial charge on any atom is -0.497 e. The zero-order valence-electron chi connectivity index (χ0n) is 9.57. The normalized spacial score (nSPS) is 14.7. The summed E-state index contributed by atoms with van der Waals surface area (Å²) in [5, 5.41) is 0. The third kappa shape index (κ3) is 3.53. The van der Waals surface area contributed by atoms with Crippen LogP contribution in [0.4, 0.5) is 0 Å². The van der Waals surface area contributed by atoms with Gasteiger partial charge in [0.15, 0.2) is 0 Å². The van der Waals surface area contributed by atoms with Crippen LogP contribution in [0.15, 0.2) is 24.3 Å². The SMILES string of the molecule is COc1cccc(CC(N)C(C)OC)c1. The van der Waals surface area contributed by atoms with Crippen molar-refractivity contribution in [2.45, 2.75) is 25.5 Å². The van der Waals surface area contributed by atoms with E-state index in [1.54, 1.807) is 14.2 Å². The highest BCUT2D eigenvalue weighted by Crippen LogP contribution is 2.14. The molecule has 3 heteroatoms. The molecule has 1 rings (SSSR count). The highest BCUT2D eigenvalue weighted by Gasteiger charge is 2.12. The Morgan fingerprint density at radius 3 is 2.67 bits per heavy atom. The number of methoxy groups -OCH3 is 2. The lowest BCUT2D eigenvalue weighted by atomic mass is 10.0. The van der Waals surface area contributed by atoms with Gasteiger partial charge < -0.3 is 15.2 Å². The van der Waals surface area contributed by atoms with Crippen LogP contribution in [0.25, 0.3) is 0 Å². The first-order valence-electron chi connectivity index (χ1n) is 5.08. The van der Waals surface area contributed by atoms with Crippen LogP contribution >= 0.6 is 0 Å². The molecular weight excluding hydrogens is 190 g/mol. The van der Waals surface area contributed by atoms with Gasteiger partial charge in [-0.2, -0.15) is 0 Å². The second-order valence-electron chi connectivity index (χ2n) is 3.66. The molecule has 0 saturated carbocycles. The Hall–Kier alpha value is -1.06. The van der Waals surface area contributed by atoms with Crippen LogP contribution in [0, 0.1) is 0 Å². The molecule has 84 valence electrons. The third-order valence-corrected chi connectivity index (χ3v) is 2.58. The number of hydrogen-bond acceptors (Lipinski definition) is 3. The zero-order chi connectivity index (χ0) is 11.3. The van der Waals surface area contributed by atoms with Gasteiger partial charge in [-0.15, -0.1) is 0 Å². The van der Waals surface area contributed by atoms with Crippen molar-refractivity contribution in [3.63, 3.8) is 0 Å². The minimum absolute atomic E-state index is 0.0158. The molecule has 0 aromatic heterocycles. The van der Waals surface area contributed by atoms with E-state index in [-0.39, 0.29) is 12.1 Å². The summed E-state index contributed by atoms with van der Waals surface area (Å²) in [6, 6.07) is 7.96. The molecule has 3 nitrogen and oxygen atoms in total. The molecule has 0 aliphatic carbocycles. The number of rotatable bonds is 5. The van der Waals surface area contributed by atoms with Gasteiger partial charge in [-0.05, 0) is 31.0 Å². The molecule has 0 spiro atoms. The van der Waals surface area contributed by atoms with Gasteiger partial charge in [0.25, 0.3) is 0 Å². The van der Waals surface area contributed by atoms with Crippen molar-refractivity contribution in [3.8, 4) is 5.75 Å². The van der Waals surface area contributed by atoms with Crippen LogP contribution in [0.1, 0.15) is 12.5 Å². The van der Waals surface area contributed by atoms with Gasteiger partial charge in [-0.25, -0.2) is 0 Å². The van der Waals surface area contributed by atoms with Gasteiger partial charge in [0.2, 0.25) is 0 Å². The molecule has 1 aromatic rings. The predicted molar refractivity (Wildman–Crippen MR) is 61.1 cm³/mol. The molecule has 0 aliphatic heterocycles. The van der Waals surface area contributed by atoms with E-state index in [0.29, 0.717) is 0 Å². The minimum atomic E-state index is 0.0158. The van der Waals surface area contributed by atoms with Crippen molar-refractivity contribution < 1.29 is 9.47 Å². The summed E-state index contributed by atoms with van der Waals surface area (Å²) < 4.78 is 10.3. The number of nitrogens with two attached hydrogens (primary N) is 1. The molecule has 2 unspecified atom stereocenters. The molecule has 0 heterocycles. The van der Waals surface area contributed by atoms with Crippen molar-refractivity contribution >= 4 is 0 Å². The zero-order valence-corrected chi connectivity index (χ0v) is 9.57. The first kappa shape index (κ1) is 12.0. The van der Waals surface area contributed by atoms with E-state index in [4.69, 9.17) is 15.2 Å². The Morgan fingerprint density at radius 1 is 1.33 bits per heavy atom. The topological polar surface area (TPSA) is 44.5 Å². The Kier molecular flexibility index (Phi) is 4.59. The van der Waals surface area contributed by atoms with Gasteiger partial charge in [0.1, 0.15) is 5.75 Å². The van der Waals surface area contributed by atoms with Gasteiger partial charge in [0, 0.05) is 13.2 Å². The standard InChI is InChI=1S/C12H19NO2/c1-9(14-2)12(13)8-10-5-4-6-11(7-10)15-3/h4-7,9,12H,8,13H2,1-3H3. The molecule has 2 atom stereocenters. The van der Waals surface area contributed by atoms with E-state index >= 15 is 0 Å². The smallest absolute Gasteiger partial charge is 0.119 e. The fraction of sp³-hybridized carbons (Fsp3) is 0.500. The van der Waals surface area contributed by atoms with E-state index in [9.17, 15) is 0 Å². The summed E-state index contributed by atoms with van der Waals surface area (Å²) in [5.41, 5.74) is 7.16. The lowest BCUT2D eigenvalue weighted by Crippen LogP contribution is -2.35. The van der Waals surface area contributed by atoms with Crippen molar-refractivity contribution in [3.05, 3.63) is 29.8 Å². The van der Waals surface area contributed by atoms with Crippen LogP contribution in [0.2, 0.25) is 0 Å². The molecule has 2 N–H and O–H groups in total. The van der Waals surface area contributed by atoms with E-state index in [2.05, 4.69) is 0 Å². The maximum absolute atomic E-state index is 5.99. The highest BCUT2D eigenvalue weighted by atomic mass is 16.5. The number of benzene rings is 1. The second-order valence-corrected chi connectivity index (χ2v) is 3.66. The maximum atomic E-state index is 5.99. The summed E-state index contributed by atoms with van der Waals surface area (Å²) in [4.78, 5) is 0. The second kappa shape index (κ2) is 5.73. The fourth-order valence-corrected chi connectivity index (χ4v) is 1.41. The average molecular weight is 209 g/mol. The molecule has 0 saturated heterocycles. The molecule has 15 heavy (non-hydrogen) atoms. The molecule has 0 fully saturated rings. The van der Waals surface area contributed by atoms with Crippen LogP contribution in [0.5, 0.6) is 5.75 Å². The van der Waals surface area contributed by atoms with Gasteiger partial charge >= 0.3 is 0 Å². The van der Waals surface area contributed by atoms with Crippen LogP contribution < -0.4 is 10.5 Å². The largest absolute Gasteiger partial charge is 0.497 e. The molecule has 0 bridgehead atoms. The van der Waals surface area contributed by atoms with Crippen LogP contribution in [-0.2, 0) is 11.2 Å². The summed E-state index contributed by atoms with van der Waals surface area (Å²) in [6.07, 6.45) is 0.864. The Morgan fingerprint density at radius 2 is 2.07 bits per heavy atom. The molecule has 0 amide bonds. The first-order valence-corrected chi connectivity index (χ1v) is 5.08. The third-order valence-electron chi connectivity index (χ3n) is 2.58. The molecule has 0 radical (unpaired) electrons. The van der Waals surface area contributed by atoms with E-state index in [1.165, 1.54) is 5.56 Å². The fourth-order valence-electron chi connectivity index (χ4n) is 1.41. The van der Waals surface area contributed by atoms with Crippen LogP contribution in [0.3, 0.4) is 0 Å². The van der Waals surface area contributed by atoms with Gasteiger partial charge in [-0.3, -0.25) is 0 Å². The van der Waals surface area contributed by atoms with Crippen molar-refractivity contribution in [1.29, 1.82) is 0 Å². The van der Waals surface area contributed by atoms with Crippen molar-refractivity contribution in [1.82, 2.24) is 0 Å². The van der Waals surface area contributed by atoms with E-state index in [1.807, 2.05) is 31.2 Å². The van der Waals surface area contributed by atoms with E-state index < -0.39 is 0 Å². The van der Waals surface area contributed by atoms with E-state index in [0.717, 1.165) is 12.2 Å². The molecule has 1 aromatic carbocycles. The summed E-state index contributed by atoms with van der Waals surface area (Å²) >= 11 is 0. The van der Waals surface area contributed by atoms with Crippen LogP contribution in [-0.4, -0.2) is 26.4 Å². The Balaban J connectivity index is 2.63. The molecular formula is C12H19NO2. The lowest BCUT2D eigenvalue weighted by molar-refractivity contribution is 0.0956. The Bertz CT molecular complexity index is 301. The predicted octanol–water partition coefficient (Wildman–Crippen LogP) is 1.60. The summed E-state index contributed by atoms with van der Waals surface area (Å²) in [7, 11) is 3.34. The summed E-state index contributed by atoms with van der Waals surface area (Å²) in [6.45, 7) is 1.98. The quantitative estimate of drug-likeness (QED) is 0.801. The lowest BCUT2D eigenvalue weighted by Gasteiger charge is -2.18. The van der Waals surface area contributed by atoms with Gasteiger partial charge in [0.05, 0.1) is 13.2 Å². The summed E-state index contributed by atoms with van der Waals surface area (Å²) in [5.74, 6) is 0.866. The number of ether oxygens (including phenoxy) is 2. The van der Waals surface area contributed by atoms with Crippen molar-refractivity contribution in [2.75, 3.05) is 14.2 Å². The monoisotopic (exact) mass is 209 g/mol. The Labute approximate surface area is 91.2 Å².